The molecule has 0 radical (unpaired) electrons. The summed E-state index contributed by atoms with van der Waals surface area (Å²) < 4.78 is 0. The number of nitrogens with one attached hydrogen (secondary N) is 1. The van der Waals surface area contributed by atoms with Crippen LogP contribution in [0.3, 0.4) is 0 Å². The first-order valence-electron chi connectivity index (χ1n) is 7.12. The van der Waals surface area contributed by atoms with Crippen LogP contribution < -0.4 is 10.2 Å². The maximum Gasteiger partial charge on any atom is 0.0605 e. The lowest BCUT2D eigenvalue weighted by Crippen LogP contribution is -2.42. The molecule has 1 aliphatic rings. The molecule has 0 amide bonds. The third-order valence-corrected chi connectivity index (χ3v) is 4.08. The Hall–Kier alpha value is -1.09. The minimum absolute atomic E-state index is 0.595. The van der Waals surface area contributed by atoms with Crippen LogP contribution in [0.15, 0.2) is 18.3 Å². The number of nitrogens with zero attached hydrogens (tertiary/aromatic N) is 2. The standard InChI is InChI=1S/C15H25N3/c1-4-12(2)14-11-18(10-6-9-17-14)15-7-5-8-16-13(15)3/h5,7-8,12,14,17H,4,6,9-11H2,1-3H3. The van der Waals surface area contributed by atoms with Crippen molar-refractivity contribution < 1.29 is 0 Å². The number of hydrogen-bond donors (Lipinski definition) is 1. The minimum Gasteiger partial charge on any atom is -0.368 e. The highest BCUT2D eigenvalue weighted by Gasteiger charge is 2.22. The molecule has 2 rings (SSSR count). The molecular weight excluding hydrogens is 222 g/mol. The summed E-state index contributed by atoms with van der Waals surface area (Å²) in [6, 6.07) is 4.83. The first-order chi connectivity index (χ1) is 8.72. The lowest BCUT2D eigenvalue weighted by atomic mass is 9.99. The maximum absolute atomic E-state index is 4.41. The molecule has 100 valence electrons. The van der Waals surface area contributed by atoms with Gasteiger partial charge < -0.3 is 10.2 Å². The van der Waals surface area contributed by atoms with E-state index in [4.69, 9.17) is 0 Å². The Balaban J connectivity index is 2.14. The van der Waals surface area contributed by atoms with Gasteiger partial charge in [-0.05, 0) is 37.9 Å². The summed E-state index contributed by atoms with van der Waals surface area (Å²) in [5, 5.41) is 3.69. The van der Waals surface area contributed by atoms with Crippen LogP contribution in [0.4, 0.5) is 5.69 Å². The Morgan fingerprint density at radius 1 is 1.56 bits per heavy atom. The van der Waals surface area contributed by atoms with E-state index >= 15 is 0 Å². The predicted octanol–water partition coefficient (Wildman–Crippen LogP) is 2.60. The predicted molar refractivity (Wildman–Crippen MR) is 77.0 cm³/mol. The van der Waals surface area contributed by atoms with Crippen molar-refractivity contribution in [3.8, 4) is 0 Å². The molecule has 1 N–H and O–H groups in total. The van der Waals surface area contributed by atoms with Crippen LogP contribution in [0, 0.1) is 12.8 Å². The Morgan fingerprint density at radius 3 is 3.11 bits per heavy atom. The fourth-order valence-electron chi connectivity index (χ4n) is 2.65. The molecule has 1 aromatic rings. The first kappa shape index (κ1) is 13.3. The summed E-state index contributed by atoms with van der Waals surface area (Å²) in [5.74, 6) is 0.725. The van der Waals surface area contributed by atoms with E-state index in [0.29, 0.717) is 6.04 Å². The van der Waals surface area contributed by atoms with E-state index in [9.17, 15) is 0 Å². The average molecular weight is 247 g/mol. The van der Waals surface area contributed by atoms with Gasteiger partial charge in [-0.2, -0.15) is 0 Å². The normalized spacial score (nSPS) is 22.6. The van der Waals surface area contributed by atoms with E-state index in [2.05, 4.69) is 42.0 Å². The van der Waals surface area contributed by atoms with Gasteiger partial charge in [0.05, 0.1) is 11.4 Å². The molecule has 1 saturated heterocycles. The highest BCUT2D eigenvalue weighted by atomic mass is 15.2. The number of pyridine rings is 1. The summed E-state index contributed by atoms with van der Waals surface area (Å²) in [7, 11) is 0. The molecule has 2 heterocycles. The highest BCUT2D eigenvalue weighted by Crippen LogP contribution is 2.21. The van der Waals surface area contributed by atoms with Gasteiger partial charge in [0.25, 0.3) is 0 Å². The van der Waals surface area contributed by atoms with Gasteiger partial charge in [-0.1, -0.05) is 20.3 Å². The molecule has 0 aromatic carbocycles. The van der Waals surface area contributed by atoms with Crippen LogP contribution in [-0.4, -0.2) is 30.7 Å². The van der Waals surface area contributed by atoms with Crippen LogP contribution >= 0.6 is 0 Å². The quantitative estimate of drug-likeness (QED) is 0.890. The second kappa shape index (κ2) is 6.19. The number of anilines is 1. The maximum atomic E-state index is 4.41. The summed E-state index contributed by atoms with van der Waals surface area (Å²) >= 11 is 0. The van der Waals surface area contributed by atoms with E-state index < -0.39 is 0 Å². The monoisotopic (exact) mass is 247 g/mol. The zero-order chi connectivity index (χ0) is 13.0. The molecule has 1 aromatic heterocycles. The summed E-state index contributed by atoms with van der Waals surface area (Å²) in [6.07, 6.45) is 4.32. The molecule has 3 nitrogen and oxygen atoms in total. The number of aryl methyl sites for hydroxylation is 1. The topological polar surface area (TPSA) is 28.2 Å². The lowest BCUT2D eigenvalue weighted by Gasteiger charge is -2.30. The van der Waals surface area contributed by atoms with Crippen molar-refractivity contribution in [1.82, 2.24) is 10.3 Å². The van der Waals surface area contributed by atoms with Crippen LogP contribution in [0.2, 0.25) is 0 Å². The van der Waals surface area contributed by atoms with Crippen molar-refractivity contribution in [2.24, 2.45) is 5.92 Å². The SMILES string of the molecule is CCC(C)C1CN(c2cccnc2C)CCCN1. The number of rotatable bonds is 3. The number of hydrogen-bond acceptors (Lipinski definition) is 3. The second-order valence-electron chi connectivity index (χ2n) is 5.35. The van der Waals surface area contributed by atoms with Gasteiger partial charge in [0.1, 0.15) is 0 Å². The Kier molecular flexibility index (Phi) is 4.59. The molecule has 0 spiro atoms. The zero-order valence-electron chi connectivity index (χ0n) is 11.8. The van der Waals surface area contributed by atoms with Crippen molar-refractivity contribution in [2.45, 2.75) is 39.7 Å². The zero-order valence-corrected chi connectivity index (χ0v) is 11.8. The first-order valence-corrected chi connectivity index (χ1v) is 7.12. The lowest BCUT2D eigenvalue weighted by molar-refractivity contribution is 0.384. The van der Waals surface area contributed by atoms with Gasteiger partial charge in [-0.3, -0.25) is 4.98 Å². The Labute approximate surface area is 111 Å². The fraction of sp³-hybridized carbons (Fsp3) is 0.667. The molecule has 18 heavy (non-hydrogen) atoms. The van der Waals surface area contributed by atoms with Gasteiger partial charge in [0.2, 0.25) is 0 Å². The van der Waals surface area contributed by atoms with E-state index in [1.165, 1.54) is 18.5 Å². The molecular formula is C15H25N3. The van der Waals surface area contributed by atoms with Gasteiger partial charge in [-0.15, -0.1) is 0 Å². The van der Waals surface area contributed by atoms with Crippen molar-refractivity contribution in [1.29, 1.82) is 0 Å². The molecule has 2 unspecified atom stereocenters. The second-order valence-corrected chi connectivity index (χ2v) is 5.35. The van der Waals surface area contributed by atoms with E-state index in [-0.39, 0.29) is 0 Å². The van der Waals surface area contributed by atoms with Gasteiger partial charge in [0, 0.05) is 25.3 Å². The third-order valence-electron chi connectivity index (χ3n) is 4.08. The van der Waals surface area contributed by atoms with Crippen molar-refractivity contribution >= 4 is 5.69 Å². The van der Waals surface area contributed by atoms with E-state index in [1.807, 2.05) is 12.3 Å². The average Bonchev–Trinajstić information content (AvgIpc) is 2.64. The molecule has 0 aliphatic carbocycles. The van der Waals surface area contributed by atoms with E-state index in [0.717, 1.165) is 31.2 Å². The summed E-state index contributed by atoms with van der Waals surface area (Å²) in [4.78, 5) is 6.91. The summed E-state index contributed by atoms with van der Waals surface area (Å²) in [5.41, 5.74) is 2.44. The van der Waals surface area contributed by atoms with Gasteiger partial charge >= 0.3 is 0 Å². The molecule has 0 saturated carbocycles. The van der Waals surface area contributed by atoms with Crippen molar-refractivity contribution in [3.63, 3.8) is 0 Å². The highest BCUT2D eigenvalue weighted by molar-refractivity contribution is 5.50. The van der Waals surface area contributed by atoms with Crippen LogP contribution in [0.25, 0.3) is 0 Å². The summed E-state index contributed by atoms with van der Waals surface area (Å²) in [6.45, 7) is 10.1. The van der Waals surface area contributed by atoms with Gasteiger partial charge in [0.15, 0.2) is 0 Å². The van der Waals surface area contributed by atoms with E-state index in [1.54, 1.807) is 0 Å². The fourth-order valence-corrected chi connectivity index (χ4v) is 2.65. The molecule has 2 atom stereocenters. The van der Waals surface area contributed by atoms with Crippen LogP contribution in [0.1, 0.15) is 32.4 Å². The smallest absolute Gasteiger partial charge is 0.0605 e. The van der Waals surface area contributed by atoms with Crippen molar-refractivity contribution in [2.75, 3.05) is 24.5 Å². The third kappa shape index (κ3) is 3.02. The molecule has 3 heteroatoms. The van der Waals surface area contributed by atoms with Crippen LogP contribution in [-0.2, 0) is 0 Å². The molecule has 1 aliphatic heterocycles. The molecule has 1 fully saturated rings. The minimum atomic E-state index is 0.595. The molecule has 0 bridgehead atoms. The van der Waals surface area contributed by atoms with Crippen molar-refractivity contribution in [3.05, 3.63) is 24.0 Å². The largest absolute Gasteiger partial charge is 0.368 e. The van der Waals surface area contributed by atoms with Crippen LogP contribution in [0.5, 0.6) is 0 Å². The van der Waals surface area contributed by atoms with Gasteiger partial charge in [-0.25, -0.2) is 0 Å². The Morgan fingerprint density at radius 2 is 2.39 bits per heavy atom. The number of aromatic nitrogens is 1. The Bertz CT molecular complexity index is 378.